The summed E-state index contributed by atoms with van der Waals surface area (Å²) in [4.78, 5) is 0. The summed E-state index contributed by atoms with van der Waals surface area (Å²) < 4.78 is 0. The van der Waals surface area contributed by atoms with Crippen LogP contribution in [-0.4, -0.2) is 33.6 Å². The van der Waals surface area contributed by atoms with E-state index >= 15 is 0 Å². The van der Waals surface area contributed by atoms with Gasteiger partial charge in [-0.2, -0.15) is 0 Å². The fraction of sp³-hybridized carbons (Fsp3) is 0.778. The van der Waals surface area contributed by atoms with Crippen LogP contribution >= 0.6 is 0 Å². The first-order chi connectivity index (χ1) is 14.1. The molecule has 30 heavy (non-hydrogen) atoms. The normalized spacial score (nSPS) is 40.9. The zero-order valence-corrected chi connectivity index (χ0v) is 19.7. The minimum Gasteiger partial charge on any atom is -0.396 e. The maximum atomic E-state index is 11.1. The van der Waals surface area contributed by atoms with Gasteiger partial charge < -0.3 is 15.3 Å². The van der Waals surface area contributed by atoms with Crippen LogP contribution in [-0.2, 0) is 0 Å². The van der Waals surface area contributed by atoms with Gasteiger partial charge in [0.05, 0.1) is 11.7 Å². The van der Waals surface area contributed by atoms with Gasteiger partial charge in [-0.3, -0.25) is 0 Å². The molecule has 0 heterocycles. The number of aliphatic hydroxyl groups excluding tert-OH is 2. The molecule has 3 rings (SSSR count). The molecule has 0 spiro atoms. The topological polar surface area (TPSA) is 60.7 Å². The van der Waals surface area contributed by atoms with Crippen molar-refractivity contribution in [1.82, 2.24) is 0 Å². The van der Waals surface area contributed by atoms with Crippen LogP contribution in [0.2, 0.25) is 0 Å². The minimum absolute atomic E-state index is 0.0324. The Bertz CT molecular complexity index is 690. The van der Waals surface area contributed by atoms with E-state index in [1.54, 1.807) is 5.57 Å². The monoisotopic (exact) mass is 416 g/mol. The molecule has 3 N–H and O–H groups in total. The molecule has 3 saturated carbocycles. The van der Waals surface area contributed by atoms with Gasteiger partial charge in [0.2, 0.25) is 0 Å². The largest absolute Gasteiger partial charge is 0.396 e. The molecule has 3 aliphatic carbocycles. The second-order valence-electron chi connectivity index (χ2n) is 11.0. The van der Waals surface area contributed by atoms with Gasteiger partial charge >= 0.3 is 0 Å². The number of hydrogen-bond donors (Lipinski definition) is 3. The van der Waals surface area contributed by atoms with Gasteiger partial charge in [0.15, 0.2) is 0 Å². The van der Waals surface area contributed by atoms with Gasteiger partial charge in [0.25, 0.3) is 0 Å². The molecule has 0 amide bonds. The zero-order valence-electron chi connectivity index (χ0n) is 19.7. The van der Waals surface area contributed by atoms with Crippen LogP contribution in [0.25, 0.3) is 0 Å². The molecule has 3 nitrogen and oxygen atoms in total. The van der Waals surface area contributed by atoms with Crippen LogP contribution in [0.15, 0.2) is 35.5 Å². The lowest BCUT2D eigenvalue weighted by molar-refractivity contribution is -0.0255. The highest BCUT2D eigenvalue weighted by Gasteiger charge is 2.50. The molecule has 0 bridgehead atoms. The average molecular weight is 417 g/mol. The Kier molecular flexibility index (Phi) is 7.37. The lowest BCUT2D eigenvalue weighted by Gasteiger charge is -2.44. The van der Waals surface area contributed by atoms with Gasteiger partial charge in [-0.05, 0) is 91.6 Å². The predicted molar refractivity (Wildman–Crippen MR) is 124 cm³/mol. The molecule has 0 saturated heterocycles. The highest BCUT2D eigenvalue weighted by atomic mass is 16.3. The van der Waals surface area contributed by atoms with E-state index in [4.69, 9.17) is 0 Å². The van der Waals surface area contributed by atoms with Crippen molar-refractivity contribution in [1.29, 1.82) is 0 Å². The molecule has 0 aromatic carbocycles. The van der Waals surface area contributed by atoms with Gasteiger partial charge in [0.1, 0.15) is 0 Å². The minimum atomic E-state index is -1.01. The first-order valence-corrected chi connectivity index (χ1v) is 12.2. The van der Waals surface area contributed by atoms with E-state index in [0.717, 1.165) is 36.3 Å². The Morgan fingerprint density at radius 1 is 1.20 bits per heavy atom. The Morgan fingerprint density at radius 2 is 1.93 bits per heavy atom. The Balaban J connectivity index is 1.82. The molecule has 3 heteroatoms. The van der Waals surface area contributed by atoms with Crippen LogP contribution in [0, 0.1) is 29.1 Å². The number of allylic oxidation sites excluding steroid dienone is 3. The summed E-state index contributed by atoms with van der Waals surface area (Å²) in [7, 11) is 0. The lowest BCUT2D eigenvalue weighted by atomic mass is 9.60. The molecule has 170 valence electrons. The van der Waals surface area contributed by atoms with Crippen molar-refractivity contribution >= 4 is 0 Å². The molecule has 0 unspecified atom stereocenters. The van der Waals surface area contributed by atoms with E-state index in [1.807, 2.05) is 13.8 Å². The zero-order chi connectivity index (χ0) is 22.1. The summed E-state index contributed by atoms with van der Waals surface area (Å²) in [6.07, 6.45) is 13.2. The Labute approximate surface area is 184 Å². The predicted octanol–water partition coefficient (Wildman–Crippen LogP) is 5.56. The maximum absolute atomic E-state index is 11.1. The van der Waals surface area contributed by atoms with E-state index in [2.05, 4.69) is 32.6 Å². The van der Waals surface area contributed by atoms with Gasteiger partial charge in [-0.25, -0.2) is 0 Å². The fourth-order valence-corrected chi connectivity index (χ4v) is 7.00. The Hall–Kier alpha value is -0.900. The fourth-order valence-electron chi connectivity index (χ4n) is 7.00. The third-order valence-corrected chi connectivity index (χ3v) is 8.91. The van der Waals surface area contributed by atoms with Crippen LogP contribution in [0.5, 0.6) is 0 Å². The van der Waals surface area contributed by atoms with Crippen molar-refractivity contribution in [2.45, 2.75) is 97.2 Å². The second-order valence-corrected chi connectivity index (χ2v) is 11.0. The number of aliphatic hydroxyl groups is 3. The highest BCUT2D eigenvalue weighted by Crippen LogP contribution is 2.59. The smallest absolute Gasteiger partial charge is 0.0940 e. The number of fused-ring (bicyclic) bond motifs is 1. The molecular formula is C27H44O3. The number of rotatable bonds is 6. The first kappa shape index (κ1) is 23.8. The molecule has 3 fully saturated rings. The quantitative estimate of drug-likeness (QED) is 0.531. The van der Waals surface area contributed by atoms with E-state index in [-0.39, 0.29) is 5.92 Å². The summed E-state index contributed by atoms with van der Waals surface area (Å²) in [5.74, 6) is 2.07. The third-order valence-electron chi connectivity index (χ3n) is 8.91. The van der Waals surface area contributed by atoms with Gasteiger partial charge in [-0.15, -0.1) is 0 Å². The van der Waals surface area contributed by atoms with Crippen molar-refractivity contribution in [3.05, 3.63) is 35.5 Å². The molecule has 0 radical (unpaired) electrons. The van der Waals surface area contributed by atoms with Gasteiger partial charge in [0, 0.05) is 13.0 Å². The van der Waals surface area contributed by atoms with Crippen molar-refractivity contribution in [3.63, 3.8) is 0 Å². The molecule has 6 atom stereocenters. The average Bonchev–Trinajstić information content (AvgIpc) is 3.05. The molecule has 3 aliphatic rings. The van der Waals surface area contributed by atoms with Crippen molar-refractivity contribution in [3.8, 4) is 0 Å². The summed E-state index contributed by atoms with van der Waals surface area (Å²) >= 11 is 0. The molecule has 0 aliphatic heterocycles. The third kappa shape index (κ3) is 4.36. The van der Waals surface area contributed by atoms with Crippen molar-refractivity contribution in [2.24, 2.45) is 29.1 Å². The summed E-state index contributed by atoms with van der Waals surface area (Å²) in [5, 5.41) is 30.8. The van der Waals surface area contributed by atoms with Crippen molar-refractivity contribution in [2.75, 3.05) is 6.61 Å². The highest BCUT2D eigenvalue weighted by molar-refractivity contribution is 5.42. The summed E-state index contributed by atoms with van der Waals surface area (Å²) in [5.41, 5.74) is 2.70. The first-order valence-electron chi connectivity index (χ1n) is 12.2. The molecule has 0 aromatic heterocycles. The van der Waals surface area contributed by atoms with Crippen LogP contribution < -0.4 is 0 Å². The van der Waals surface area contributed by atoms with Gasteiger partial charge in [-0.1, -0.05) is 52.0 Å². The second kappa shape index (κ2) is 9.30. The molecular weight excluding hydrogens is 372 g/mol. The van der Waals surface area contributed by atoms with Crippen LogP contribution in [0.4, 0.5) is 0 Å². The summed E-state index contributed by atoms with van der Waals surface area (Å²) in [6.45, 7) is 13.4. The lowest BCUT2D eigenvalue weighted by Crippen LogP contribution is -2.44. The van der Waals surface area contributed by atoms with Crippen LogP contribution in [0.1, 0.15) is 85.5 Å². The van der Waals surface area contributed by atoms with Crippen molar-refractivity contribution < 1.29 is 15.3 Å². The van der Waals surface area contributed by atoms with E-state index in [9.17, 15) is 15.3 Å². The number of hydrogen-bond acceptors (Lipinski definition) is 3. The van der Waals surface area contributed by atoms with E-state index in [0.29, 0.717) is 36.7 Å². The summed E-state index contributed by atoms with van der Waals surface area (Å²) in [6, 6.07) is 0. The standard InChI is InChI=1S/C27H44O3/c1-18(2)27(30)17-23(29)16-22(20(27)4)11-10-21-9-6-14-26(5)24(12-13-25(21)26)19(3)8-7-15-28/h10-11,18-19,23-25,28-30H,4,6-9,12-17H2,1-3,5H3/b21-10+,22-11+/t19-,23-,24-,25+,26-,27+/m1/s1. The maximum Gasteiger partial charge on any atom is 0.0940 e. The van der Waals surface area contributed by atoms with E-state index in [1.165, 1.54) is 25.7 Å². The van der Waals surface area contributed by atoms with E-state index < -0.39 is 11.7 Å². The Morgan fingerprint density at radius 3 is 2.60 bits per heavy atom. The van der Waals surface area contributed by atoms with Crippen LogP contribution in [0.3, 0.4) is 0 Å². The SMILES string of the molecule is C=C1/C(=C/C=C2\CCC[C@]3(C)[C@@H]([C@H](C)CCCO)CC[C@@H]23)C[C@@H](O)C[C@]1(O)C(C)C. The molecule has 0 aromatic rings.